The number of methoxy groups -OCH3 is 1. The summed E-state index contributed by atoms with van der Waals surface area (Å²) in [6.07, 6.45) is 3.09. The maximum Gasteiger partial charge on any atom is 0.287 e. The second-order valence-corrected chi connectivity index (χ2v) is 7.23. The smallest absolute Gasteiger partial charge is 0.287 e. The molecule has 0 aromatic heterocycles. The number of hydrogen-bond acceptors (Lipinski definition) is 4. The monoisotopic (exact) mass is 477 g/mol. The van der Waals surface area contributed by atoms with E-state index in [0.717, 1.165) is 10.0 Å². The fourth-order valence-corrected chi connectivity index (χ4v) is 3.00. The Kier molecular flexibility index (Phi) is 7.73. The first-order valence-corrected chi connectivity index (χ1v) is 10.2. The van der Waals surface area contributed by atoms with Gasteiger partial charge in [0.1, 0.15) is 11.4 Å². The van der Waals surface area contributed by atoms with Crippen LogP contribution in [-0.2, 0) is 4.79 Å². The van der Waals surface area contributed by atoms with Crippen LogP contribution in [0.2, 0.25) is 0 Å². The van der Waals surface area contributed by atoms with Gasteiger partial charge in [0.05, 0.1) is 13.3 Å². The number of rotatable bonds is 7. The number of halogens is 1. The number of ether oxygens (including phenoxy) is 1. The maximum absolute atomic E-state index is 12.8. The molecule has 0 saturated heterocycles. The van der Waals surface area contributed by atoms with Crippen LogP contribution in [-0.4, -0.2) is 25.1 Å². The number of carbonyl (C=O) groups excluding carboxylic acids is 2. The number of amides is 2. The Morgan fingerprint density at radius 2 is 1.61 bits per heavy atom. The molecule has 0 aliphatic rings. The van der Waals surface area contributed by atoms with E-state index in [1.807, 2.05) is 30.3 Å². The van der Waals surface area contributed by atoms with Crippen LogP contribution in [0.5, 0.6) is 5.75 Å². The third-order valence-corrected chi connectivity index (χ3v) is 4.95. The number of carbonyl (C=O) groups is 2. The summed E-state index contributed by atoms with van der Waals surface area (Å²) in [4.78, 5) is 25.4. The number of benzene rings is 3. The van der Waals surface area contributed by atoms with Crippen LogP contribution in [0.3, 0.4) is 0 Å². The van der Waals surface area contributed by atoms with Crippen molar-refractivity contribution in [3.05, 3.63) is 106 Å². The molecule has 0 radical (unpaired) electrons. The van der Waals surface area contributed by atoms with Gasteiger partial charge in [-0.15, -0.1) is 0 Å². The molecular weight excluding hydrogens is 458 g/mol. The van der Waals surface area contributed by atoms with Crippen LogP contribution in [0.4, 0.5) is 0 Å². The van der Waals surface area contributed by atoms with E-state index in [1.165, 1.54) is 6.21 Å². The molecule has 2 amide bonds. The fourth-order valence-electron chi connectivity index (χ4n) is 2.61. The van der Waals surface area contributed by atoms with Crippen molar-refractivity contribution in [3.8, 4) is 5.75 Å². The van der Waals surface area contributed by atoms with Crippen LogP contribution in [0, 0.1) is 0 Å². The SMILES string of the molecule is COc1ccc(/C=C(/NC(=O)c2ccccc2)C(=O)N/N=C\c2ccccc2Br)cc1. The van der Waals surface area contributed by atoms with Gasteiger partial charge in [0.25, 0.3) is 11.8 Å². The highest BCUT2D eigenvalue weighted by Crippen LogP contribution is 2.15. The minimum atomic E-state index is -0.552. The summed E-state index contributed by atoms with van der Waals surface area (Å²) in [5.41, 5.74) is 4.48. The Morgan fingerprint density at radius 3 is 2.29 bits per heavy atom. The van der Waals surface area contributed by atoms with Crippen LogP contribution < -0.4 is 15.5 Å². The van der Waals surface area contributed by atoms with Crippen molar-refractivity contribution >= 4 is 40.0 Å². The van der Waals surface area contributed by atoms with Crippen molar-refractivity contribution < 1.29 is 14.3 Å². The third-order valence-electron chi connectivity index (χ3n) is 4.23. The lowest BCUT2D eigenvalue weighted by atomic mass is 10.1. The molecule has 0 saturated carbocycles. The van der Waals surface area contributed by atoms with Gasteiger partial charge in [-0.1, -0.05) is 64.5 Å². The Bertz CT molecular complexity index is 1110. The average molecular weight is 478 g/mol. The molecule has 2 N–H and O–H groups in total. The molecular formula is C24H20BrN3O3. The summed E-state index contributed by atoms with van der Waals surface area (Å²) >= 11 is 3.42. The average Bonchev–Trinajstić information content (AvgIpc) is 2.80. The first kappa shape index (κ1) is 22.0. The Hall–Kier alpha value is -3.71. The van der Waals surface area contributed by atoms with Gasteiger partial charge in [-0.3, -0.25) is 9.59 Å². The molecule has 3 aromatic carbocycles. The molecule has 3 aromatic rings. The highest BCUT2D eigenvalue weighted by Gasteiger charge is 2.14. The van der Waals surface area contributed by atoms with Gasteiger partial charge in [-0.25, -0.2) is 5.43 Å². The highest BCUT2D eigenvalue weighted by molar-refractivity contribution is 9.10. The summed E-state index contributed by atoms with van der Waals surface area (Å²) in [6.45, 7) is 0. The van der Waals surface area contributed by atoms with Crippen LogP contribution in [0.25, 0.3) is 6.08 Å². The first-order chi connectivity index (χ1) is 15.1. The Morgan fingerprint density at radius 1 is 0.935 bits per heavy atom. The second kappa shape index (κ2) is 10.9. The predicted molar refractivity (Wildman–Crippen MR) is 125 cm³/mol. The molecule has 0 fully saturated rings. The summed E-state index contributed by atoms with van der Waals surface area (Å²) in [5, 5.41) is 6.67. The molecule has 6 nitrogen and oxygen atoms in total. The molecule has 0 aliphatic carbocycles. The van der Waals surface area contributed by atoms with E-state index >= 15 is 0 Å². The van der Waals surface area contributed by atoms with E-state index in [-0.39, 0.29) is 5.70 Å². The summed E-state index contributed by atoms with van der Waals surface area (Å²) in [5.74, 6) is -0.261. The molecule has 0 heterocycles. The van der Waals surface area contributed by atoms with E-state index in [2.05, 4.69) is 31.8 Å². The number of hydrogen-bond donors (Lipinski definition) is 2. The molecule has 156 valence electrons. The predicted octanol–water partition coefficient (Wildman–Crippen LogP) is 4.38. The zero-order chi connectivity index (χ0) is 22.1. The van der Waals surface area contributed by atoms with Gasteiger partial charge in [-0.2, -0.15) is 5.10 Å². The molecule has 3 rings (SSSR count). The van der Waals surface area contributed by atoms with Gasteiger partial charge >= 0.3 is 0 Å². The largest absolute Gasteiger partial charge is 0.497 e. The van der Waals surface area contributed by atoms with E-state index in [0.29, 0.717) is 16.9 Å². The molecule has 0 unspecified atom stereocenters. The highest BCUT2D eigenvalue weighted by atomic mass is 79.9. The van der Waals surface area contributed by atoms with E-state index in [4.69, 9.17) is 4.74 Å². The van der Waals surface area contributed by atoms with Gasteiger partial charge in [0.2, 0.25) is 0 Å². The minimum Gasteiger partial charge on any atom is -0.497 e. The fraction of sp³-hybridized carbons (Fsp3) is 0.0417. The Balaban J connectivity index is 1.81. The third kappa shape index (κ3) is 6.38. The van der Waals surface area contributed by atoms with Crippen molar-refractivity contribution in [1.29, 1.82) is 0 Å². The second-order valence-electron chi connectivity index (χ2n) is 6.37. The number of nitrogens with one attached hydrogen (secondary N) is 2. The van der Waals surface area contributed by atoms with E-state index in [9.17, 15) is 9.59 Å². The molecule has 7 heteroatoms. The lowest BCUT2D eigenvalue weighted by Gasteiger charge is -2.09. The number of nitrogens with zero attached hydrogens (tertiary/aromatic N) is 1. The van der Waals surface area contributed by atoms with Gasteiger partial charge in [0.15, 0.2) is 0 Å². The van der Waals surface area contributed by atoms with Crippen molar-refractivity contribution in [2.24, 2.45) is 5.10 Å². The maximum atomic E-state index is 12.8. The molecule has 0 aliphatic heterocycles. The van der Waals surface area contributed by atoms with Crippen LogP contribution in [0.15, 0.2) is 94.1 Å². The normalized spacial score (nSPS) is 11.2. The molecule has 0 bridgehead atoms. The molecule has 0 atom stereocenters. The standard InChI is InChI=1S/C24H20BrN3O3/c1-31-20-13-11-17(12-14-20)15-22(27-23(29)18-7-3-2-4-8-18)24(30)28-26-16-19-9-5-6-10-21(19)25/h2-16H,1H3,(H,27,29)(H,28,30)/b22-15+,26-16-. The van der Waals surface area contributed by atoms with Crippen molar-refractivity contribution in [1.82, 2.24) is 10.7 Å². The van der Waals surface area contributed by atoms with Gasteiger partial charge in [-0.05, 0) is 42.0 Å². The summed E-state index contributed by atoms with van der Waals surface area (Å²) < 4.78 is 6.00. The first-order valence-electron chi connectivity index (χ1n) is 9.37. The van der Waals surface area contributed by atoms with Crippen molar-refractivity contribution in [2.45, 2.75) is 0 Å². The topological polar surface area (TPSA) is 79.8 Å². The zero-order valence-electron chi connectivity index (χ0n) is 16.7. The lowest BCUT2D eigenvalue weighted by Crippen LogP contribution is -2.32. The molecule has 31 heavy (non-hydrogen) atoms. The van der Waals surface area contributed by atoms with Gasteiger partial charge in [0, 0.05) is 15.6 Å². The van der Waals surface area contributed by atoms with E-state index < -0.39 is 11.8 Å². The van der Waals surface area contributed by atoms with E-state index in [1.54, 1.807) is 61.7 Å². The Labute approximate surface area is 188 Å². The summed E-state index contributed by atoms with van der Waals surface area (Å²) in [7, 11) is 1.58. The zero-order valence-corrected chi connectivity index (χ0v) is 18.3. The van der Waals surface area contributed by atoms with Crippen LogP contribution >= 0.6 is 15.9 Å². The van der Waals surface area contributed by atoms with Crippen molar-refractivity contribution in [3.63, 3.8) is 0 Å². The molecule has 0 spiro atoms. The van der Waals surface area contributed by atoms with Crippen molar-refractivity contribution in [2.75, 3.05) is 7.11 Å². The van der Waals surface area contributed by atoms with Crippen LogP contribution in [0.1, 0.15) is 21.5 Å². The van der Waals surface area contributed by atoms with Gasteiger partial charge < -0.3 is 10.1 Å². The number of hydrazone groups is 1. The quantitative estimate of drug-likeness (QED) is 0.301. The minimum absolute atomic E-state index is 0.0586. The summed E-state index contributed by atoms with van der Waals surface area (Å²) in [6, 6.07) is 23.2. The lowest BCUT2D eigenvalue weighted by molar-refractivity contribution is -0.117.